The average Bonchev–Trinajstić information content (AvgIpc) is 2.63. The molecule has 1 atom stereocenters. The van der Waals surface area contributed by atoms with Crippen molar-refractivity contribution in [2.45, 2.75) is 25.1 Å². The van der Waals surface area contributed by atoms with E-state index in [0.29, 0.717) is 11.6 Å². The number of piperidine rings is 1. The molecule has 1 fully saturated rings. The van der Waals surface area contributed by atoms with Crippen LogP contribution in [0.4, 0.5) is 13.2 Å². The lowest BCUT2D eigenvalue weighted by atomic mass is 9.91. The third kappa shape index (κ3) is 8.77. The number of aliphatic hydroxyl groups is 1. The molecule has 1 aliphatic rings. The largest absolute Gasteiger partial charge is 0.492 e. The summed E-state index contributed by atoms with van der Waals surface area (Å²) in [5, 5.41) is 17.5. The first-order valence-electron chi connectivity index (χ1n) is 8.39. The van der Waals surface area contributed by atoms with Gasteiger partial charge in [0.1, 0.15) is 18.5 Å². The van der Waals surface area contributed by atoms with E-state index in [1.54, 1.807) is 12.1 Å². The van der Waals surface area contributed by atoms with Crippen molar-refractivity contribution in [3.8, 4) is 5.75 Å². The second-order valence-electron chi connectivity index (χ2n) is 6.13. The number of carboxylic acid groups (broad SMARTS) is 1. The van der Waals surface area contributed by atoms with E-state index in [2.05, 4.69) is 4.90 Å². The Morgan fingerprint density at radius 1 is 1.25 bits per heavy atom. The normalized spacial score (nSPS) is 16.6. The first kappa shape index (κ1) is 24.0. The fourth-order valence-corrected chi connectivity index (χ4v) is 2.67. The molecule has 1 heterocycles. The zero-order valence-corrected chi connectivity index (χ0v) is 15.6. The van der Waals surface area contributed by atoms with E-state index in [9.17, 15) is 23.1 Å². The average molecular weight is 427 g/mol. The van der Waals surface area contributed by atoms with Gasteiger partial charge in [-0.25, -0.2) is 4.79 Å². The summed E-state index contributed by atoms with van der Waals surface area (Å²) >= 11 is 5.81. The van der Waals surface area contributed by atoms with Gasteiger partial charge < -0.3 is 20.7 Å². The summed E-state index contributed by atoms with van der Waals surface area (Å²) in [6, 6.07) is 7.29. The zero-order chi connectivity index (χ0) is 21.3. The molecule has 1 unspecified atom stereocenters. The number of carboxylic acids is 1. The van der Waals surface area contributed by atoms with Gasteiger partial charge in [0.25, 0.3) is 0 Å². The number of ether oxygens (including phenoxy) is 1. The monoisotopic (exact) mass is 426 g/mol. The lowest BCUT2D eigenvalue weighted by Crippen LogP contribution is -2.43. The van der Waals surface area contributed by atoms with Crippen LogP contribution in [0.1, 0.15) is 12.8 Å². The number of alkyl halides is 3. The topological polar surface area (TPSA) is 113 Å². The number of aliphatic carboxylic acids is 1. The summed E-state index contributed by atoms with van der Waals surface area (Å²) in [6.07, 6.45) is -4.53. The SMILES string of the molecule is NC(=O)C(O)C1CCN(CCOc2ccc(Cl)cc2)CC1.O=C(O)C(F)(F)F. The number of carbonyl (C=O) groups excluding carboxylic acids is 1. The maximum Gasteiger partial charge on any atom is 0.490 e. The molecule has 0 spiro atoms. The number of likely N-dealkylation sites (tertiary alicyclic amines) is 1. The van der Waals surface area contributed by atoms with Crippen molar-refractivity contribution in [1.29, 1.82) is 0 Å². The fraction of sp³-hybridized carbons (Fsp3) is 0.529. The molecule has 158 valence electrons. The van der Waals surface area contributed by atoms with Crippen molar-refractivity contribution in [2.75, 3.05) is 26.2 Å². The smallest absolute Gasteiger partial charge is 0.490 e. The van der Waals surface area contributed by atoms with Gasteiger partial charge in [0, 0.05) is 11.6 Å². The Morgan fingerprint density at radius 2 is 1.75 bits per heavy atom. The zero-order valence-electron chi connectivity index (χ0n) is 14.9. The van der Waals surface area contributed by atoms with Crippen LogP contribution in [0.5, 0.6) is 5.75 Å². The van der Waals surface area contributed by atoms with Gasteiger partial charge in [-0.05, 0) is 56.1 Å². The van der Waals surface area contributed by atoms with E-state index < -0.39 is 24.2 Å². The van der Waals surface area contributed by atoms with Gasteiger partial charge in [0.2, 0.25) is 5.91 Å². The predicted molar refractivity (Wildman–Crippen MR) is 95.0 cm³/mol. The summed E-state index contributed by atoms with van der Waals surface area (Å²) in [7, 11) is 0. The molecule has 1 saturated heterocycles. The van der Waals surface area contributed by atoms with E-state index in [4.69, 9.17) is 32.0 Å². The standard InChI is InChI=1S/C15H21ClN2O3.C2HF3O2/c16-12-1-3-13(4-2-12)21-10-9-18-7-5-11(6-8-18)14(19)15(17)20;3-2(4,5)1(6)7/h1-4,11,14,19H,5-10H2,(H2,17,20);(H,6,7). The van der Waals surface area contributed by atoms with Crippen LogP contribution >= 0.6 is 11.6 Å². The van der Waals surface area contributed by atoms with E-state index in [1.807, 2.05) is 12.1 Å². The maximum absolute atomic E-state index is 11.0. The molecule has 11 heteroatoms. The van der Waals surface area contributed by atoms with Crippen LogP contribution in [0.15, 0.2) is 24.3 Å². The highest BCUT2D eigenvalue weighted by Crippen LogP contribution is 2.21. The predicted octanol–water partition coefficient (Wildman–Crippen LogP) is 1.91. The van der Waals surface area contributed by atoms with Crippen LogP contribution in [0.2, 0.25) is 5.02 Å². The molecular weight excluding hydrogens is 405 g/mol. The molecule has 7 nitrogen and oxygen atoms in total. The third-order valence-electron chi connectivity index (χ3n) is 4.10. The quantitative estimate of drug-likeness (QED) is 0.640. The first-order valence-corrected chi connectivity index (χ1v) is 8.76. The molecule has 4 N–H and O–H groups in total. The highest BCUT2D eigenvalue weighted by Gasteiger charge is 2.38. The van der Waals surface area contributed by atoms with E-state index in [1.165, 1.54) is 0 Å². The summed E-state index contributed by atoms with van der Waals surface area (Å²) < 4.78 is 37.4. The van der Waals surface area contributed by atoms with Gasteiger partial charge in [0.15, 0.2) is 0 Å². The Hall–Kier alpha value is -2.04. The van der Waals surface area contributed by atoms with Gasteiger partial charge in [0.05, 0.1) is 0 Å². The van der Waals surface area contributed by atoms with E-state index >= 15 is 0 Å². The highest BCUT2D eigenvalue weighted by molar-refractivity contribution is 6.30. The molecule has 0 aliphatic carbocycles. The Labute approximate surface area is 164 Å². The molecule has 0 radical (unpaired) electrons. The maximum atomic E-state index is 11.0. The van der Waals surface area contributed by atoms with Gasteiger partial charge in [-0.3, -0.25) is 9.69 Å². The van der Waals surface area contributed by atoms with Crippen LogP contribution in [0, 0.1) is 5.92 Å². The molecule has 2 rings (SSSR count). The Kier molecular flexibility index (Phi) is 9.50. The van der Waals surface area contributed by atoms with Crippen LogP contribution in [-0.4, -0.2) is 65.5 Å². The summed E-state index contributed by atoms with van der Waals surface area (Å²) in [5.74, 6) is -2.60. The van der Waals surface area contributed by atoms with Gasteiger partial charge in [-0.1, -0.05) is 11.6 Å². The number of benzene rings is 1. The second-order valence-corrected chi connectivity index (χ2v) is 6.57. The summed E-state index contributed by atoms with van der Waals surface area (Å²) in [4.78, 5) is 22.1. The molecular formula is C17H22ClF3N2O5. The molecule has 1 aromatic carbocycles. The lowest BCUT2D eigenvalue weighted by Gasteiger charge is -2.33. The molecule has 1 amide bonds. The Bertz CT molecular complexity index is 635. The van der Waals surface area contributed by atoms with Crippen LogP contribution < -0.4 is 10.5 Å². The second kappa shape index (κ2) is 11.1. The fourth-order valence-electron chi connectivity index (χ4n) is 2.55. The molecule has 1 aliphatic heterocycles. The van der Waals surface area contributed by atoms with Crippen molar-refractivity contribution in [1.82, 2.24) is 4.90 Å². The van der Waals surface area contributed by atoms with E-state index in [-0.39, 0.29) is 5.92 Å². The number of hydrogen-bond acceptors (Lipinski definition) is 5. The van der Waals surface area contributed by atoms with Crippen molar-refractivity contribution < 1.29 is 37.7 Å². The number of aliphatic hydroxyl groups excluding tert-OH is 1. The number of halogens is 4. The van der Waals surface area contributed by atoms with Crippen molar-refractivity contribution >= 4 is 23.5 Å². The summed E-state index contributed by atoms with van der Waals surface area (Å²) in [5.41, 5.74) is 5.12. The van der Waals surface area contributed by atoms with Crippen LogP contribution in [0.3, 0.4) is 0 Å². The molecule has 0 bridgehead atoms. The molecule has 28 heavy (non-hydrogen) atoms. The van der Waals surface area contributed by atoms with Crippen LogP contribution in [-0.2, 0) is 9.59 Å². The van der Waals surface area contributed by atoms with Crippen LogP contribution in [0.25, 0.3) is 0 Å². The third-order valence-corrected chi connectivity index (χ3v) is 4.35. The first-order chi connectivity index (χ1) is 13.0. The Balaban J connectivity index is 0.000000480. The molecule has 1 aromatic rings. The van der Waals surface area contributed by atoms with Gasteiger partial charge in [-0.2, -0.15) is 13.2 Å². The van der Waals surface area contributed by atoms with E-state index in [0.717, 1.165) is 38.2 Å². The summed E-state index contributed by atoms with van der Waals surface area (Å²) in [6.45, 7) is 3.12. The number of primary amides is 1. The Morgan fingerprint density at radius 3 is 2.18 bits per heavy atom. The number of carbonyl (C=O) groups is 2. The number of hydrogen-bond donors (Lipinski definition) is 3. The number of nitrogens with two attached hydrogens (primary N) is 1. The van der Waals surface area contributed by atoms with Gasteiger partial charge >= 0.3 is 12.1 Å². The van der Waals surface area contributed by atoms with Crippen molar-refractivity contribution in [2.24, 2.45) is 11.7 Å². The van der Waals surface area contributed by atoms with Crippen molar-refractivity contribution in [3.05, 3.63) is 29.3 Å². The number of nitrogens with zero attached hydrogens (tertiary/aromatic N) is 1. The lowest BCUT2D eigenvalue weighted by molar-refractivity contribution is -0.192. The molecule has 0 saturated carbocycles. The number of rotatable bonds is 6. The minimum Gasteiger partial charge on any atom is -0.492 e. The van der Waals surface area contributed by atoms with Crippen molar-refractivity contribution in [3.63, 3.8) is 0 Å². The minimum absolute atomic E-state index is 0.0177. The molecule has 0 aromatic heterocycles. The van der Waals surface area contributed by atoms with Gasteiger partial charge in [-0.15, -0.1) is 0 Å². The minimum atomic E-state index is -5.08. The highest BCUT2D eigenvalue weighted by atomic mass is 35.5. The number of amides is 1.